The summed E-state index contributed by atoms with van der Waals surface area (Å²) < 4.78 is 97.2. The zero-order valence-electron chi connectivity index (χ0n) is 36.8. The summed E-state index contributed by atoms with van der Waals surface area (Å²) in [5.41, 5.74) is 2.93. The molecule has 0 radical (unpaired) electrons. The number of hydrogen-bond donors (Lipinski definition) is 3. The second-order valence-electron chi connectivity index (χ2n) is 18.0. The topological polar surface area (TPSA) is 200 Å². The van der Waals surface area contributed by atoms with E-state index in [1.165, 1.54) is 12.0 Å². The first-order valence-corrected chi connectivity index (χ1v) is 22.7. The van der Waals surface area contributed by atoms with Gasteiger partial charge in [0.25, 0.3) is 0 Å². The van der Waals surface area contributed by atoms with Crippen molar-refractivity contribution in [2.45, 2.75) is 120 Å². The number of likely N-dealkylation sites (tertiary alicyclic amines) is 1. The summed E-state index contributed by atoms with van der Waals surface area (Å²) in [5, 5.41) is 3.76. The Balaban J connectivity index is 1.29. The Labute approximate surface area is 365 Å². The highest BCUT2D eigenvalue weighted by molar-refractivity contribution is 7.91. The number of alkyl halides is 4. The highest BCUT2D eigenvalue weighted by Gasteiger charge is 2.56. The number of benzene rings is 1. The third-order valence-electron chi connectivity index (χ3n) is 12.5. The number of ether oxygens (including phenoxy) is 3. The number of nitrogens with one attached hydrogen (secondary N) is 2. The fraction of sp³-hybridized carbons (Fsp3) is 0.651. The molecule has 1 saturated heterocycles. The van der Waals surface area contributed by atoms with Crippen LogP contribution < -0.4 is 30.1 Å². The number of primary amides is 1. The van der Waals surface area contributed by atoms with Crippen molar-refractivity contribution in [2.75, 3.05) is 39.3 Å². The van der Waals surface area contributed by atoms with Gasteiger partial charge in [-0.2, -0.15) is 18.2 Å². The summed E-state index contributed by atoms with van der Waals surface area (Å²) >= 11 is 0. The summed E-state index contributed by atoms with van der Waals surface area (Å²) in [6, 6.07) is 4.54. The van der Waals surface area contributed by atoms with Crippen molar-refractivity contribution in [2.24, 2.45) is 29.4 Å². The van der Waals surface area contributed by atoms with E-state index in [0.717, 1.165) is 5.39 Å². The average molecular weight is 913 g/mol. The van der Waals surface area contributed by atoms with E-state index in [2.05, 4.69) is 15.0 Å². The van der Waals surface area contributed by atoms with Gasteiger partial charge >= 0.3 is 12.3 Å². The molecule has 1 aliphatic heterocycles. The highest BCUT2D eigenvalue weighted by atomic mass is 32.2. The van der Waals surface area contributed by atoms with Crippen LogP contribution in [0.5, 0.6) is 11.6 Å². The number of pyridine rings is 1. The Morgan fingerprint density at radius 1 is 1.11 bits per heavy atom. The molecule has 0 spiro atoms. The lowest BCUT2D eigenvalue weighted by atomic mass is 9.87. The smallest absolute Gasteiger partial charge is 0.427 e. The van der Waals surface area contributed by atoms with Crippen molar-refractivity contribution >= 4 is 50.4 Å². The van der Waals surface area contributed by atoms with Crippen molar-refractivity contribution < 1.29 is 59.4 Å². The van der Waals surface area contributed by atoms with Crippen LogP contribution in [-0.2, 0) is 29.1 Å². The van der Waals surface area contributed by atoms with Crippen molar-refractivity contribution in [3.05, 3.63) is 36.4 Å². The summed E-state index contributed by atoms with van der Waals surface area (Å²) in [6.07, 6.45) is 0.206. The first-order valence-electron chi connectivity index (χ1n) is 21.2. The molecule has 3 fully saturated rings. The molecule has 2 heterocycles. The number of nitrogens with zero attached hydrogens (tertiary/aromatic N) is 3. The molecule has 1 unspecified atom stereocenters. The number of hydrogen-bond acceptors (Lipinski definition) is 11. The first kappa shape index (κ1) is 49.1. The van der Waals surface area contributed by atoms with E-state index in [-0.39, 0.29) is 43.5 Å². The molecule has 4 N–H and O–H groups in total. The average Bonchev–Trinajstić information content (AvgIpc) is 3.69. The molecule has 3 aliphatic rings. The van der Waals surface area contributed by atoms with Crippen LogP contribution in [0.25, 0.3) is 10.8 Å². The van der Waals surface area contributed by atoms with E-state index in [9.17, 15) is 45.2 Å². The van der Waals surface area contributed by atoms with Gasteiger partial charge in [0.2, 0.25) is 39.2 Å². The molecule has 350 valence electrons. The third-order valence-corrected chi connectivity index (χ3v) is 14.6. The first-order chi connectivity index (χ1) is 29.4. The highest BCUT2D eigenvalue weighted by Crippen LogP contribution is 2.44. The summed E-state index contributed by atoms with van der Waals surface area (Å²) in [5.74, 6) is -2.43. The lowest BCUT2D eigenvalue weighted by Gasteiger charge is -2.33. The Kier molecular flexibility index (Phi) is 15.2. The molecule has 0 bridgehead atoms. The lowest BCUT2D eigenvalue weighted by Crippen LogP contribution is -2.56. The SMILES string of the molecule is COc1ccc2c(O[C@@H]3C[C@@H](C(N)=O)N(C(=O)[C@@H](NC(=O)OC(C)(C)C(F)(F)F)[C@H](C)C[C@H](C)CC/C=C\[C@@H]4CCCC4C(=O)NS(=O)(=O)C4(CF)CC4)C3)nc(N(C)C)cc2c1. The molecule has 1 aromatic carbocycles. The quantitative estimate of drug-likeness (QED) is 0.111. The van der Waals surface area contributed by atoms with Crippen molar-refractivity contribution in [3.63, 3.8) is 0 Å². The van der Waals surface area contributed by atoms with Crippen molar-refractivity contribution in [1.82, 2.24) is 19.9 Å². The zero-order valence-corrected chi connectivity index (χ0v) is 37.6. The van der Waals surface area contributed by atoms with Gasteiger partial charge in [0.1, 0.15) is 41.2 Å². The number of halogens is 4. The van der Waals surface area contributed by atoms with E-state index >= 15 is 0 Å². The maximum atomic E-state index is 14.5. The summed E-state index contributed by atoms with van der Waals surface area (Å²) in [4.78, 5) is 61.1. The van der Waals surface area contributed by atoms with Gasteiger partial charge in [-0.05, 0) is 106 Å². The van der Waals surface area contributed by atoms with Gasteiger partial charge in [0, 0.05) is 31.8 Å². The largest absolute Gasteiger partial charge is 0.497 e. The summed E-state index contributed by atoms with van der Waals surface area (Å²) in [6.45, 7) is 3.74. The van der Waals surface area contributed by atoms with Crippen LogP contribution in [0, 0.1) is 23.7 Å². The normalized spacial score (nSPS) is 22.6. The molecule has 20 heteroatoms. The number of rotatable bonds is 19. The van der Waals surface area contributed by atoms with Crippen LogP contribution in [0.2, 0.25) is 0 Å². The van der Waals surface area contributed by atoms with Crippen LogP contribution in [0.15, 0.2) is 36.4 Å². The van der Waals surface area contributed by atoms with E-state index in [1.54, 1.807) is 38.1 Å². The molecule has 2 aliphatic carbocycles. The fourth-order valence-corrected chi connectivity index (χ4v) is 9.69. The number of alkyl carbamates (subject to hydrolysis) is 1. The molecule has 2 saturated carbocycles. The van der Waals surface area contributed by atoms with Crippen molar-refractivity contribution in [1.29, 1.82) is 0 Å². The van der Waals surface area contributed by atoms with Gasteiger partial charge in [0.15, 0.2) is 0 Å². The predicted octanol–water partition coefficient (Wildman–Crippen LogP) is 5.94. The number of carbonyl (C=O) groups excluding carboxylic acids is 4. The molecule has 5 rings (SSSR count). The molecule has 63 heavy (non-hydrogen) atoms. The molecule has 2 aromatic rings. The van der Waals surface area contributed by atoms with Crippen LogP contribution >= 0.6 is 0 Å². The Morgan fingerprint density at radius 2 is 1.81 bits per heavy atom. The van der Waals surface area contributed by atoms with E-state index in [4.69, 9.17) is 19.9 Å². The molecular formula is C43H60F4N6O9S. The van der Waals surface area contributed by atoms with Crippen LogP contribution in [-0.4, -0.2) is 111 Å². The number of allylic oxidation sites excluding steroid dienone is 2. The number of sulfonamides is 1. The maximum Gasteiger partial charge on any atom is 0.427 e. The van der Waals surface area contributed by atoms with Gasteiger partial charge < -0.3 is 35.1 Å². The minimum Gasteiger partial charge on any atom is -0.497 e. The number of carbonyl (C=O) groups is 4. The number of anilines is 1. The Morgan fingerprint density at radius 3 is 2.41 bits per heavy atom. The van der Waals surface area contributed by atoms with Crippen LogP contribution in [0.4, 0.5) is 28.2 Å². The maximum absolute atomic E-state index is 14.5. The van der Waals surface area contributed by atoms with E-state index in [0.29, 0.717) is 69.3 Å². The fourth-order valence-electron chi connectivity index (χ4n) is 8.28. The number of aromatic nitrogens is 1. The molecular weight excluding hydrogens is 853 g/mol. The lowest BCUT2D eigenvalue weighted by molar-refractivity contribution is -0.244. The van der Waals surface area contributed by atoms with Gasteiger partial charge in [-0.15, -0.1) is 0 Å². The molecule has 1 aromatic heterocycles. The van der Waals surface area contributed by atoms with Crippen LogP contribution in [0.3, 0.4) is 0 Å². The van der Waals surface area contributed by atoms with Gasteiger partial charge in [-0.3, -0.25) is 19.1 Å². The number of methoxy groups -OCH3 is 1. The minimum atomic E-state index is -4.92. The number of fused-ring (bicyclic) bond motifs is 1. The number of amides is 4. The third kappa shape index (κ3) is 11.4. The van der Waals surface area contributed by atoms with Gasteiger partial charge in [-0.25, -0.2) is 17.6 Å². The molecule has 7 atom stereocenters. The van der Waals surface area contributed by atoms with E-state index in [1.807, 2.05) is 31.2 Å². The van der Waals surface area contributed by atoms with Crippen molar-refractivity contribution in [3.8, 4) is 11.6 Å². The predicted molar refractivity (Wildman–Crippen MR) is 227 cm³/mol. The standard InChI is InChI=1S/C43H60F4N6O9S/c1-25(11-8-9-12-27-13-10-14-31(27)37(55)51-63(58,59)42(24-44)17-18-42)19-26(2)35(50-40(57)62-41(3,4)43(45,46)47)39(56)53-23-30(22-33(53)36(48)54)61-38-32-16-15-29(60-7)20-28(32)21-34(49-38)52(5)6/h9,12,15-16,20-21,25-27,30-31,33,35H,8,10-11,13-14,17-19,22-24H2,1-7H3,(H2,48,54)(H,50,57)(H,51,55)/b12-9-/t25-,26-,27-,30-,31?,33+,35+/m1/s1. The van der Waals surface area contributed by atoms with Crippen LogP contribution in [0.1, 0.15) is 85.5 Å². The second kappa shape index (κ2) is 19.5. The zero-order chi connectivity index (χ0) is 46.7. The minimum absolute atomic E-state index is 0.0281. The molecule has 4 amide bonds. The Hall–Kier alpha value is -4.88. The van der Waals surface area contributed by atoms with Gasteiger partial charge in [-0.1, -0.05) is 32.4 Å². The number of nitrogens with two attached hydrogens (primary N) is 1. The summed E-state index contributed by atoms with van der Waals surface area (Å²) in [7, 11) is 1.01. The Bertz CT molecular complexity index is 2150. The van der Waals surface area contributed by atoms with E-state index < -0.39 is 87.1 Å². The molecule has 15 nitrogen and oxygen atoms in total. The monoisotopic (exact) mass is 912 g/mol. The second-order valence-corrected chi connectivity index (χ2v) is 20.1. The van der Waals surface area contributed by atoms with Gasteiger partial charge in [0.05, 0.1) is 13.7 Å².